The van der Waals surface area contributed by atoms with Crippen molar-refractivity contribution >= 4 is 88.8 Å². The van der Waals surface area contributed by atoms with Crippen LogP contribution in [0.15, 0.2) is 215 Å². The fourth-order valence-corrected chi connectivity index (χ4v) is 8.24. The molecule has 0 aliphatic carbocycles. The highest BCUT2D eigenvalue weighted by Crippen LogP contribution is 2.43. The fraction of sp³-hybridized carbons (Fsp3) is 0. The van der Waals surface area contributed by atoms with Gasteiger partial charge in [0.2, 0.25) is 0 Å². The number of fused-ring (bicyclic) bond motifs is 8. The molecular weight excluding hydrogens is 685 g/mol. The zero-order valence-corrected chi connectivity index (χ0v) is 30.3. The second-order valence-electron chi connectivity index (χ2n) is 14.1. The van der Waals surface area contributed by atoms with Crippen LogP contribution in [-0.4, -0.2) is 0 Å². The monoisotopic (exact) mass is 718 g/mol. The summed E-state index contributed by atoms with van der Waals surface area (Å²) >= 11 is 0. The Morgan fingerprint density at radius 2 is 0.821 bits per heavy atom. The van der Waals surface area contributed by atoms with Gasteiger partial charge in [0.05, 0.1) is 0 Å². The number of nitrogens with zero attached hydrogens (tertiary/aromatic N) is 2. The van der Waals surface area contributed by atoms with E-state index < -0.39 is 0 Å². The minimum atomic E-state index is 0.866. The van der Waals surface area contributed by atoms with Crippen molar-refractivity contribution in [1.29, 1.82) is 0 Å². The summed E-state index contributed by atoms with van der Waals surface area (Å²) < 4.78 is 12.8. The van der Waals surface area contributed by atoms with Gasteiger partial charge in [0.1, 0.15) is 22.3 Å². The average Bonchev–Trinajstić information content (AvgIpc) is 3.84. The van der Waals surface area contributed by atoms with Crippen LogP contribution in [-0.2, 0) is 0 Å². The van der Waals surface area contributed by atoms with E-state index >= 15 is 0 Å². The number of rotatable bonds is 7. The molecule has 0 N–H and O–H groups in total. The summed E-state index contributed by atoms with van der Waals surface area (Å²) in [5.41, 5.74) is 12.2. The maximum absolute atomic E-state index is 6.50. The fourth-order valence-electron chi connectivity index (χ4n) is 8.24. The molecule has 9 aromatic carbocycles. The molecule has 4 nitrogen and oxygen atoms in total. The van der Waals surface area contributed by atoms with Crippen LogP contribution in [0.4, 0.5) is 34.1 Å². The van der Waals surface area contributed by atoms with E-state index in [1.807, 2.05) is 12.1 Å². The molecule has 4 heteroatoms. The number of furan rings is 2. The number of para-hydroxylation sites is 3. The summed E-state index contributed by atoms with van der Waals surface area (Å²) in [7, 11) is 0. The summed E-state index contributed by atoms with van der Waals surface area (Å²) in [6.45, 7) is 0. The van der Waals surface area contributed by atoms with Crippen LogP contribution in [0.3, 0.4) is 0 Å². The van der Waals surface area contributed by atoms with Gasteiger partial charge in [-0.2, -0.15) is 0 Å². The van der Waals surface area contributed by atoms with Crippen molar-refractivity contribution in [3.05, 3.63) is 206 Å². The van der Waals surface area contributed by atoms with E-state index in [1.165, 1.54) is 5.39 Å². The van der Waals surface area contributed by atoms with E-state index in [-0.39, 0.29) is 0 Å². The zero-order chi connectivity index (χ0) is 37.0. The molecular formula is C52H34N2O2. The number of hydrogen-bond donors (Lipinski definition) is 0. The van der Waals surface area contributed by atoms with E-state index in [0.717, 1.165) is 94.5 Å². The van der Waals surface area contributed by atoms with E-state index in [0.29, 0.717) is 0 Å². The second-order valence-corrected chi connectivity index (χ2v) is 14.1. The van der Waals surface area contributed by atoms with Crippen molar-refractivity contribution in [2.24, 2.45) is 0 Å². The highest BCUT2D eigenvalue weighted by Gasteiger charge is 2.19. The molecule has 0 aliphatic heterocycles. The second kappa shape index (κ2) is 13.1. The Bertz CT molecular complexity index is 3180. The molecule has 11 aromatic rings. The van der Waals surface area contributed by atoms with Crippen LogP contribution < -0.4 is 9.80 Å². The lowest BCUT2D eigenvalue weighted by Gasteiger charge is -2.28. The van der Waals surface area contributed by atoms with Gasteiger partial charge in [-0.25, -0.2) is 0 Å². The summed E-state index contributed by atoms with van der Waals surface area (Å²) in [6, 6.07) is 72.6. The molecule has 0 amide bonds. The molecule has 2 heterocycles. The van der Waals surface area contributed by atoms with Crippen LogP contribution in [0.5, 0.6) is 0 Å². The topological polar surface area (TPSA) is 32.8 Å². The van der Waals surface area contributed by atoms with E-state index in [4.69, 9.17) is 8.83 Å². The molecule has 0 unspecified atom stereocenters. The van der Waals surface area contributed by atoms with Gasteiger partial charge < -0.3 is 18.6 Å². The third-order valence-corrected chi connectivity index (χ3v) is 10.8. The van der Waals surface area contributed by atoms with Crippen LogP contribution in [0, 0.1) is 0 Å². The number of benzene rings is 9. The molecule has 0 fully saturated rings. The van der Waals surface area contributed by atoms with Crippen molar-refractivity contribution in [1.82, 2.24) is 0 Å². The summed E-state index contributed by atoms with van der Waals surface area (Å²) in [6.07, 6.45) is 0. The molecule has 0 aliphatic rings. The van der Waals surface area contributed by atoms with Gasteiger partial charge in [-0.15, -0.1) is 0 Å². The highest BCUT2D eigenvalue weighted by molar-refractivity contribution is 6.19. The molecule has 264 valence electrons. The summed E-state index contributed by atoms with van der Waals surface area (Å²) in [4.78, 5) is 4.59. The minimum Gasteiger partial charge on any atom is -0.456 e. The van der Waals surface area contributed by atoms with Crippen LogP contribution in [0.2, 0.25) is 0 Å². The maximum Gasteiger partial charge on any atom is 0.143 e. The zero-order valence-electron chi connectivity index (χ0n) is 30.3. The number of anilines is 6. The molecule has 0 saturated heterocycles. The lowest BCUT2D eigenvalue weighted by atomic mass is 9.98. The lowest BCUT2D eigenvalue weighted by Crippen LogP contribution is -2.12. The van der Waals surface area contributed by atoms with Crippen LogP contribution >= 0.6 is 0 Å². The third-order valence-electron chi connectivity index (χ3n) is 10.8. The Kier molecular flexibility index (Phi) is 7.46. The van der Waals surface area contributed by atoms with Crippen LogP contribution in [0.1, 0.15) is 0 Å². The summed E-state index contributed by atoms with van der Waals surface area (Å²) in [5, 5.41) is 6.81. The molecule has 11 rings (SSSR count). The Morgan fingerprint density at radius 1 is 0.304 bits per heavy atom. The maximum atomic E-state index is 6.50. The SMILES string of the molecule is c1ccc(N(c2ccc(-c3cccc4oc5c6ccccc6ccc5c34)cc2)c2ccc(N(c3ccccc3)c3ccc4c(c3)oc3ccccc34)cc2)cc1. The van der Waals surface area contributed by atoms with Gasteiger partial charge in [-0.05, 0) is 108 Å². The molecule has 0 radical (unpaired) electrons. The largest absolute Gasteiger partial charge is 0.456 e. The van der Waals surface area contributed by atoms with Crippen LogP contribution in [0.25, 0.3) is 65.8 Å². The van der Waals surface area contributed by atoms with Crippen molar-refractivity contribution in [3.63, 3.8) is 0 Å². The van der Waals surface area contributed by atoms with E-state index in [1.54, 1.807) is 0 Å². The highest BCUT2D eigenvalue weighted by atomic mass is 16.3. The molecule has 2 aromatic heterocycles. The van der Waals surface area contributed by atoms with Gasteiger partial charge in [-0.3, -0.25) is 0 Å². The van der Waals surface area contributed by atoms with Crippen molar-refractivity contribution in [3.8, 4) is 11.1 Å². The molecule has 0 saturated carbocycles. The molecule has 0 atom stereocenters. The minimum absolute atomic E-state index is 0.866. The number of hydrogen-bond acceptors (Lipinski definition) is 4. The average molecular weight is 719 g/mol. The molecule has 0 spiro atoms. The van der Waals surface area contributed by atoms with Crippen molar-refractivity contribution < 1.29 is 8.83 Å². The predicted octanol–water partition coefficient (Wildman–Crippen LogP) is 15.2. The van der Waals surface area contributed by atoms with E-state index in [9.17, 15) is 0 Å². The predicted molar refractivity (Wildman–Crippen MR) is 233 cm³/mol. The first-order chi connectivity index (χ1) is 27.8. The van der Waals surface area contributed by atoms with Gasteiger partial charge in [0.25, 0.3) is 0 Å². The van der Waals surface area contributed by atoms with Gasteiger partial charge in [-0.1, -0.05) is 109 Å². The lowest BCUT2D eigenvalue weighted by molar-refractivity contribution is 0.669. The molecule has 56 heavy (non-hydrogen) atoms. The Morgan fingerprint density at radius 3 is 1.54 bits per heavy atom. The first-order valence-corrected chi connectivity index (χ1v) is 18.9. The van der Waals surface area contributed by atoms with Gasteiger partial charge in [0.15, 0.2) is 0 Å². The Labute approximate surface area is 323 Å². The first-order valence-electron chi connectivity index (χ1n) is 18.9. The van der Waals surface area contributed by atoms with Crippen molar-refractivity contribution in [2.45, 2.75) is 0 Å². The smallest absolute Gasteiger partial charge is 0.143 e. The Hall–Kier alpha value is -7.56. The third kappa shape index (κ3) is 5.31. The molecule has 0 bridgehead atoms. The van der Waals surface area contributed by atoms with E-state index in [2.05, 4.69) is 204 Å². The van der Waals surface area contributed by atoms with Gasteiger partial charge in [0, 0.05) is 67.1 Å². The first kappa shape index (κ1) is 31.9. The quantitative estimate of drug-likeness (QED) is 0.164. The normalized spacial score (nSPS) is 11.6. The van der Waals surface area contributed by atoms with Gasteiger partial charge >= 0.3 is 0 Å². The van der Waals surface area contributed by atoms with Crippen molar-refractivity contribution in [2.75, 3.05) is 9.80 Å². The summed E-state index contributed by atoms with van der Waals surface area (Å²) in [5.74, 6) is 0. The Balaban J connectivity index is 0.979. The standard InChI is InChI=1S/C52H34N2O2/c1-3-13-37(14-4-1)53(39-25-22-36(23-26-39)43-19-11-21-49-51(43)47-32-24-35-12-7-8-17-44(35)52(47)56-49)40-27-29-41(30-28-40)54(38-15-5-2-6-16-38)42-31-33-46-45-18-9-10-20-48(45)55-50(46)34-42/h1-34H.